The van der Waals surface area contributed by atoms with Crippen molar-refractivity contribution in [1.82, 2.24) is 10.6 Å². The third-order valence-electron chi connectivity index (χ3n) is 6.13. The highest BCUT2D eigenvalue weighted by Crippen LogP contribution is 2.24. The lowest BCUT2D eigenvalue weighted by molar-refractivity contribution is -0.126. The van der Waals surface area contributed by atoms with Gasteiger partial charge in [0.1, 0.15) is 0 Å². The van der Waals surface area contributed by atoms with Crippen LogP contribution in [0.1, 0.15) is 64.7 Å². The molecule has 1 saturated heterocycles. The number of nitrogens with one attached hydrogen (secondary N) is 3. The number of hydrogen-bond acceptors (Lipinski definition) is 4. The van der Waals surface area contributed by atoms with Crippen LogP contribution in [-0.2, 0) is 14.4 Å². The normalized spacial score (nSPS) is 17.8. The summed E-state index contributed by atoms with van der Waals surface area (Å²) in [6.07, 6.45) is 8.17. The van der Waals surface area contributed by atoms with Gasteiger partial charge in [-0.05, 0) is 50.8 Å². The Morgan fingerprint density at radius 1 is 1.03 bits per heavy atom. The summed E-state index contributed by atoms with van der Waals surface area (Å²) in [5.74, 6) is -0.114. The van der Waals surface area contributed by atoms with Crippen LogP contribution < -0.4 is 20.9 Å². The lowest BCUT2D eigenvalue weighted by Gasteiger charge is -2.20. The minimum absolute atomic E-state index is 0.0658. The number of carbonyl (C=O) groups excluding carboxylic acids is 3. The van der Waals surface area contributed by atoms with Crippen LogP contribution >= 0.6 is 0 Å². The zero-order chi connectivity index (χ0) is 22.1. The van der Waals surface area contributed by atoms with Crippen LogP contribution in [0.3, 0.4) is 0 Å². The van der Waals surface area contributed by atoms with E-state index >= 15 is 0 Å². The zero-order valence-corrected chi connectivity index (χ0v) is 18.6. The molecular formula is C24H36N4O3. The summed E-state index contributed by atoms with van der Waals surface area (Å²) in [7, 11) is 0. The van der Waals surface area contributed by atoms with Gasteiger partial charge in [0.15, 0.2) is 0 Å². The van der Waals surface area contributed by atoms with Gasteiger partial charge in [0, 0.05) is 55.8 Å². The molecule has 1 aromatic carbocycles. The Hall–Kier alpha value is -2.57. The van der Waals surface area contributed by atoms with E-state index in [1.165, 1.54) is 19.3 Å². The summed E-state index contributed by atoms with van der Waals surface area (Å²) in [5.41, 5.74) is 1.91. The van der Waals surface area contributed by atoms with Crippen LogP contribution in [0.15, 0.2) is 24.3 Å². The smallest absolute Gasteiger partial charge is 0.226 e. The highest BCUT2D eigenvalue weighted by atomic mass is 16.2. The SMILES string of the molecule is CC(CC(=O)Nc1cccc(N2CCCC2)c1)NC(=O)CCNC(=O)C1CCCCC1. The van der Waals surface area contributed by atoms with Gasteiger partial charge in [-0.3, -0.25) is 14.4 Å². The van der Waals surface area contributed by atoms with Crippen molar-refractivity contribution in [3.8, 4) is 0 Å². The average Bonchev–Trinajstić information content (AvgIpc) is 3.29. The molecule has 170 valence electrons. The molecule has 1 heterocycles. The predicted molar refractivity (Wildman–Crippen MR) is 123 cm³/mol. The molecule has 1 aliphatic carbocycles. The van der Waals surface area contributed by atoms with Gasteiger partial charge in [0.05, 0.1) is 0 Å². The molecule has 0 radical (unpaired) electrons. The van der Waals surface area contributed by atoms with Crippen LogP contribution in [0, 0.1) is 5.92 Å². The summed E-state index contributed by atoms with van der Waals surface area (Å²) in [6, 6.07) is 7.63. The van der Waals surface area contributed by atoms with Gasteiger partial charge in [-0.1, -0.05) is 25.3 Å². The average molecular weight is 429 g/mol. The molecule has 7 heteroatoms. The fraction of sp³-hybridized carbons (Fsp3) is 0.625. The fourth-order valence-electron chi connectivity index (χ4n) is 4.45. The largest absolute Gasteiger partial charge is 0.371 e. The zero-order valence-electron chi connectivity index (χ0n) is 18.6. The quantitative estimate of drug-likeness (QED) is 0.563. The van der Waals surface area contributed by atoms with E-state index in [0.717, 1.165) is 50.1 Å². The molecule has 0 bridgehead atoms. The van der Waals surface area contributed by atoms with Gasteiger partial charge in [-0.15, -0.1) is 0 Å². The van der Waals surface area contributed by atoms with E-state index in [2.05, 4.69) is 26.9 Å². The Morgan fingerprint density at radius 3 is 2.52 bits per heavy atom. The fourth-order valence-corrected chi connectivity index (χ4v) is 4.45. The third-order valence-corrected chi connectivity index (χ3v) is 6.13. The molecule has 31 heavy (non-hydrogen) atoms. The number of benzene rings is 1. The lowest BCUT2D eigenvalue weighted by Crippen LogP contribution is -2.38. The van der Waals surface area contributed by atoms with Gasteiger partial charge in [0.25, 0.3) is 0 Å². The molecule has 1 saturated carbocycles. The van der Waals surface area contributed by atoms with Crippen molar-refractivity contribution >= 4 is 29.1 Å². The van der Waals surface area contributed by atoms with Crippen LogP contribution in [0.2, 0.25) is 0 Å². The first-order valence-electron chi connectivity index (χ1n) is 11.7. The predicted octanol–water partition coefficient (Wildman–Crippen LogP) is 3.21. The van der Waals surface area contributed by atoms with Crippen LogP contribution in [0.4, 0.5) is 11.4 Å². The van der Waals surface area contributed by atoms with Crippen molar-refractivity contribution in [2.75, 3.05) is 29.9 Å². The maximum absolute atomic E-state index is 12.4. The van der Waals surface area contributed by atoms with E-state index in [0.29, 0.717) is 6.54 Å². The molecule has 1 atom stereocenters. The van der Waals surface area contributed by atoms with Crippen molar-refractivity contribution in [3.05, 3.63) is 24.3 Å². The van der Waals surface area contributed by atoms with E-state index in [1.807, 2.05) is 25.1 Å². The first-order chi connectivity index (χ1) is 15.0. The number of hydrogen-bond donors (Lipinski definition) is 3. The van der Waals surface area contributed by atoms with Gasteiger partial charge in [-0.25, -0.2) is 0 Å². The standard InChI is InChI=1S/C24H36N4O3/c1-18(26-22(29)12-13-25-24(31)19-8-3-2-4-9-19)16-23(30)27-20-10-7-11-21(17-20)28-14-5-6-15-28/h7,10-11,17-19H,2-6,8-9,12-16H2,1H3,(H,25,31)(H,26,29)(H,27,30). The molecule has 0 aromatic heterocycles. The third kappa shape index (κ3) is 7.56. The molecule has 3 rings (SSSR count). The van der Waals surface area contributed by atoms with E-state index in [-0.39, 0.29) is 42.5 Å². The Bertz CT molecular complexity index is 755. The molecule has 2 fully saturated rings. The van der Waals surface area contributed by atoms with Gasteiger partial charge < -0.3 is 20.9 Å². The molecule has 2 aliphatic rings. The number of nitrogens with zero attached hydrogens (tertiary/aromatic N) is 1. The molecule has 1 aliphatic heterocycles. The van der Waals surface area contributed by atoms with E-state index in [4.69, 9.17) is 0 Å². The number of amides is 3. The maximum atomic E-state index is 12.4. The summed E-state index contributed by atoms with van der Waals surface area (Å²) in [5, 5.41) is 8.65. The van der Waals surface area contributed by atoms with Crippen molar-refractivity contribution in [3.63, 3.8) is 0 Å². The number of anilines is 2. The first kappa shape index (κ1) is 23.1. The van der Waals surface area contributed by atoms with Crippen molar-refractivity contribution in [2.24, 2.45) is 5.92 Å². The van der Waals surface area contributed by atoms with E-state index < -0.39 is 0 Å². The molecule has 0 spiro atoms. The molecule has 7 nitrogen and oxygen atoms in total. The Balaban J connectivity index is 1.34. The monoisotopic (exact) mass is 428 g/mol. The number of carbonyl (C=O) groups is 3. The second-order valence-corrected chi connectivity index (χ2v) is 8.84. The van der Waals surface area contributed by atoms with Crippen LogP contribution in [0.5, 0.6) is 0 Å². The molecule has 1 aromatic rings. The highest BCUT2D eigenvalue weighted by molar-refractivity contribution is 5.92. The molecule has 3 N–H and O–H groups in total. The van der Waals surface area contributed by atoms with Crippen LogP contribution in [-0.4, -0.2) is 43.4 Å². The molecular weight excluding hydrogens is 392 g/mol. The van der Waals surface area contributed by atoms with Crippen molar-refractivity contribution in [2.45, 2.75) is 70.8 Å². The maximum Gasteiger partial charge on any atom is 0.226 e. The second-order valence-electron chi connectivity index (χ2n) is 8.84. The second kappa shape index (κ2) is 11.7. The summed E-state index contributed by atoms with van der Waals surface area (Å²) < 4.78 is 0. The Kier molecular flexibility index (Phi) is 8.74. The van der Waals surface area contributed by atoms with Crippen molar-refractivity contribution < 1.29 is 14.4 Å². The molecule has 3 amide bonds. The van der Waals surface area contributed by atoms with Crippen LogP contribution in [0.25, 0.3) is 0 Å². The van der Waals surface area contributed by atoms with E-state index in [1.54, 1.807) is 0 Å². The topological polar surface area (TPSA) is 90.5 Å². The summed E-state index contributed by atoms with van der Waals surface area (Å²) in [6.45, 7) is 4.27. The van der Waals surface area contributed by atoms with Gasteiger partial charge in [0.2, 0.25) is 17.7 Å². The minimum Gasteiger partial charge on any atom is -0.371 e. The van der Waals surface area contributed by atoms with Gasteiger partial charge in [-0.2, -0.15) is 0 Å². The Labute approximate surface area is 185 Å². The summed E-state index contributed by atoms with van der Waals surface area (Å²) >= 11 is 0. The minimum atomic E-state index is -0.275. The lowest BCUT2D eigenvalue weighted by atomic mass is 9.89. The summed E-state index contributed by atoms with van der Waals surface area (Å²) in [4.78, 5) is 39.0. The van der Waals surface area contributed by atoms with Gasteiger partial charge >= 0.3 is 0 Å². The molecule has 1 unspecified atom stereocenters. The van der Waals surface area contributed by atoms with E-state index in [9.17, 15) is 14.4 Å². The first-order valence-corrected chi connectivity index (χ1v) is 11.7. The number of rotatable bonds is 9. The van der Waals surface area contributed by atoms with Crippen molar-refractivity contribution in [1.29, 1.82) is 0 Å². The highest BCUT2D eigenvalue weighted by Gasteiger charge is 2.21. The Morgan fingerprint density at radius 2 is 1.77 bits per heavy atom.